The van der Waals surface area contributed by atoms with Crippen molar-refractivity contribution in [3.05, 3.63) is 23.8 Å². The van der Waals surface area contributed by atoms with Crippen LogP contribution in [0, 0.1) is 0 Å². The molecule has 0 rings (SSSR count). The van der Waals surface area contributed by atoms with E-state index in [4.69, 9.17) is 0 Å². The Balaban J connectivity index is 3.68. The molecule has 0 atom stereocenters. The largest absolute Gasteiger partial charge is 0.0845 e. The van der Waals surface area contributed by atoms with Crippen molar-refractivity contribution in [2.75, 3.05) is 0 Å². The Labute approximate surface area is 71.0 Å². The molecule has 0 saturated carbocycles. The molecule has 0 aliphatic heterocycles. The molecule has 0 aliphatic carbocycles. The van der Waals surface area contributed by atoms with Crippen molar-refractivity contribution >= 4 is 0 Å². The first kappa shape index (κ1) is 10.5. The molecule has 0 amide bonds. The van der Waals surface area contributed by atoms with Crippen LogP contribution in [0.25, 0.3) is 0 Å². The Morgan fingerprint density at radius 2 is 2.00 bits per heavy atom. The van der Waals surface area contributed by atoms with Crippen LogP contribution in [-0.2, 0) is 0 Å². The highest BCUT2D eigenvalue weighted by atomic mass is 13.9. The first-order chi connectivity index (χ1) is 5.35. The minimum atomic E-state index is 1.14. The molecule has 0 heterocycles. The van der Waals surface area contributed by atoms with Crippen molar-refractivity contribution in [3.63, 3.8) is 0 Å². The van der Waals surface area contributed by atoms with E-state index in [1.807, 2.05) is 0 Å². The molecule has 0 heteroatoms. The molecule has 0 radical (unpaired) electrons. The second kappa shape index (κ2) is 7.59. The zero-order valence-corrected chi connectivity index (χ0v) is 8.06. The number of rotatable bonds is 5. The summed E-state index contributed by atoms with van der Waals surface area (Å²) in [5.41, 5.74) is 1.48. The van der Waals surface area contributed by atoms with Gasteiger partial charge in [-0.05, 0) is 26.2 Å². The lowest BCUT2D eigenvalue weighted by molar-refractivity contribution is 0.796. The number of hydrogen-bond donors (Lipinski definition) is 0. The Hall–Kier alpha value is -0.520. The van der Waals surface area contributed by atoms with Gasteiger partial charge in [-0.2, -0.15) is 0 Å². The molecule has 0 aromatic rings. The van der Waals surface area contributed by atoms with E-state index >= 15 is 0 Å². The average molecular weight is 152 g/mol. The maximum Gasteiger partial charge on any atom is -0.0282 e. The van der Waals surface area contributed by atoms with Crippen LogP contribution in [0.15, 0.2) is 23.8 Å². The fourth-order valence-corrected chi connectivity index (χ4v) is 0.974. The first-order valence-electron chi connectivity index (χ1n) is 4.66. The molecule has 64 valence electrons. The van der Waals surface area contributed by atoms with E-state index in [1.54, 1.807) is 0 Å². The van der Waals surface area contributed by atoms with E-state index in [0.717, 1.165) is 6.42 Å². The fraction of sp³-hybridized carbons (Fsp3) is 0.636. The van der Waals surface area contributed by atoms with Crippen LogP contribution in [0.3, 0.4) is 0 Å². The maximum absolute atomic E-state index is 2.25. The molecule has 0 aromatic carbocycles. The van der Waals surface area contributed by atoms with Gasteiger partial charge < -0.3 is 0 Å². The molecular weight excluding hydrogens is 132 g/mol. The van der Waals surface area contributed by atoms with Crippen molar-refractivity contribution < 1.29 is 0 Å². The van der Waals surface area contributed by atoms with Crippen LogP contribution in [0.4, 0.5) is 0 Å². The second-order valence-electron chi connectivity index (χ2n) is 2.78. The molecule has 0 spiro atoms. The summed E-state index contributed by atoms with van der Waals surface area (Å²) in [5, 5.41) is 0. The summed E-state index contributed by atoms with van der Waals surface area (Å²) >= 11 is 0. The third kappa shape index (κ3) is 5.90. The van der Waals surface area contributed by atoms with Crippen LogP contribution in [0.1, 0.15) is 46.5 Å². The monoisotopic (exact) mass is 152 g/mol. The Morgan fingerprint density at radius 3 is 2.45 bits per heavy atom. The molecule has 0 nitrogen and oxygen atoms in total. The molecule has 11 heavy (non-hydrogen) atoms. The molecule has 0 N–H and O–H groups in total. The van der Waals surface area contributed by atoms with Gasteiger partial charge >= 0.3 is 0 Å². The second-order valence-corrected chi connectivity index (χ2v) is 2.78. The predicted octanol–water partition coefficient (Wildman–Crippen LogP) is 4.09. The number of allylic oxidation sites excluding steroid dienone is 4. The summed E-state index contributed by atoms with van der Waals surface area (Å²) in [6, 6.07) is 0. The van der Waals surface area contributed by atoms with E-state index in [9.17, 15) is 0 Å². The van der Waals surface area contributed by atoms with Gasteiger partial charge in [0.25, 0.3) is 0 Å². The molecule has 0 saturated heterocycles. The number of hydrogen-bond acceptors (Lipinski definition) is 0. The van der Waals surface area contributed by atoms with Gasteiger partial charge in [-0.3, -0.25) is 0 Å². The normalized spacial score (nSPS) is 12.8. The van der Waals surface area contributed by atoms with Crippen molar-refractivity contribution in [2.24, 2.45) is 0 Å². The van der Waals surface area contributed by atoms with Crippen LogP contribution < -0.4 is 0 Å². The van der Waals surface area contributed by atoms with Gasteiger partial charge in [0.2, 0.25) is 0 Å². The zero-order valence-electron chi connectivity index (χ0n) is 8.06. The van der Waals surface area contributed by atoms with E-state index in [-0.39, 0.29) is 0 Å². The predicted molar refractivity (Wildman–Crippen MR) is 52.7 cm³/mol. The van der Waals surface area contributed by atoms with E-state index < -0.39 is 0 Å². The molecule has 0 unspecified atom stereocenters. The third-order valence-corrected chi connectivity index (χ3v) is 1.76. The lowest BCUT2D eigenvalue weighted by atomic mass is 10.1. The summed E-state index contributed by atoms with van der Waals surface area (Å²) in [7, 11) is 0. The van der Waals surface area contributed by atoms with Crippen LogP contribution >= 0.6 is 0 Å². The molecular formula is C11H20. The van der Waals surface area contributed by atoms with E-state index in [2.05, 4.69) is 39.0 Å². The summed E-state index contributed by atoms with van der Waals surface area (Å²) in [4.78, 5) is 0. The number of unbranched alkanes of at least 4 members (excludes halogenated alkanes) is 1. The van der Waals surface area contributed by atoms with Gasteiger partial charge in [0.05, 0.1) is 0 Å². The van der Waals surface area contributed by atoms with E-state index in [0.29, 0.717) is 0 Å². The van der Waals surface area contributed by atoms with Crippen LogP contribution in [-0.4, -0.2) is 0 Å². The first-order valence-corrected chi connectivity index (χ1v) is 4.66. The average Bonchev–Trinajstić information content (AvgIpc) is 2.05. The lowest BCUT2D eigenvalue weighted by Crippen LogP contribution is -1.77. The van der Waals surface area contributed by atoms with E-state index in [1.165, 1.54) is 24.8 Å². The van der Waals surface area contributed by atoms with Gasteiger partial charge in [-0.15, -0.1) is 0 Å². The third-order valence-electron chi connectivity index (χ3n) is 1.76. The molecule has 0 fully saturated rings. The molecule has 0 bridgehead atoms. The molecule has 0 aliphatic rings. The van der Waals surface area contributed by atoms with Crippen molar-refractivity contribution in [2.45, 2.75) is 46.5 Å². The lowest BCUT2D eigenvalue weighted by Gasteiger charge is -1.98. The Bertz CT molecular complexity index is 129. The Kier molecular flexibility index (Phi) is 7.23. The minimum Gasteiger partial charge on any atom is -0.0845 e. The van der Waals surface area contributed by atoms with Gasteiger partial charge in [0.1, 0.15) is 0 Å². The van der Waals surface area contributed by atoms with Crippen LogP contribution in [0.2, 0.25) is 0 Å². The summed E-state index contributed by atoms with van der Waals surface area (Å²) in [5.74, 6) is 0. The fourth-order valence-electron chi connectivity index (χ4n) is 0.974. The highest BCUT2D eigenvalue weighted by molar-refractivity contribution is 5.17. The highest BCUT2D eigenvalue weighted by Gasteiger charge is 1.88. The quantitative estimate of drug-likeness (QED) is 0.520. The van der Waals surface area contributed by atoms with Crippen LogP contribution in [0.5, 0.6) is 0 Å². The topological polar surface area (TPSA) is 0 Å². The highest BCUT2D eigenvalue weighted by Crippen LogP contribution is 2.08. The SMILES string of the molecule is CC=C(C=CCC)CCCC. The zero-order chi connectivity index (χ0) is 8.53. The molecule has 0 aromatic heterocycles. The van der Waals surface area contributed by atoms with Gasteiger partial charge in [-0.25, -0.2) is 0 Å². The maximum atomic E-state index is 2.25. The standard InChI is InChI=1S/C11H20/c1-4-7-9-11(6-3)10-8-5-2/h6-7,9H,4-5,8,10H2,1-3H3. The smallest absolute Gasteiger partial charge is 0.0282 e. The van der Waals surface area contributed by atoms with Gasteiger partial charge in [-0.1, -0.05) is 44.1 Å². The van der Waals surface area contributed by atoms with Crippen molar-refractivity contribution in [1.29, 1.82) is 0 Å². The Morgan fingerprint density at radius 1 is 1.27 bits per heavy atom. The summed E-state index contributed by atoms with van der Waals surface area (Å²) in [6.07, 6.45) is 11.7. The van der Waals surface area contributed by atoms with Gasteiger partial charge in [0, 0.05) is 0 Å². The van der Waals surface area contributed by atoms with Crippen molar-refractivity contribution in [1.82, 2.24) is 0 Å². The minimum absolute atomic E-state index is 1.14. The van der Waals surface area contributed by atoms with Crippen molar-refractivity contribution in [3.8, 4) is 0 Å². The summed E-state index contributed by atoms with van der Waals surface area (Å²) < 4.78 is 0. The summed E-state index contributed by atoms with van der Waals surface area (Å²) in [6.45, 7) is 6.52. The van der Waals surface area contributed by atoms with Gasteiger partial charge in [0.15, 0.2) is 0 Å².